The summed E-state index contributed by atoms with van der Waals surface area (Å²) in [6.07, 6.45) is 5.64. The van der Waals surface area contributed by atoms with Crippen LogP contribution in [0, 0.1) is 0 Å². The van der Waals surface area contributed by atoms with Crippen LogP contribution >= 0.6 is 11.3 Å². The molecule has 3 aromatic rings. The third-order valence-electron chi connectivity index (χ3n) is 2.95. The van der Waals surface area contributed by atoms with Gasteiger partial charge in [0, 0.05) is 18.9 Å². The quantitative estimate of drug-likeness (QED) is 0.757. The van der Waals surface area contributed by atoms with E-state index < -0.39 is 6.10 Å². The number of nitrogens with zero attached hydrogens (tertiary/aromatic N) is 3. The van der Waals surface area contributed by atoms with Crippen molar-refractivity contribution >= 4 is 22.8 Å². The lowest BCUT2D eigenvalue weighted by Crippen LogP contribution is -2.28. The summed E-state index contributed by atoms with van der Waals surface area (Å²) in [4.78, 5) is 16.1. The monoisotopic (exact) mass is 288 g/mol. The van der Waals surface area contributed by atoms with Crippen molar-refractivity contribution in [2.45, 2.75) is 6.10 Å². The van der Waals surface area contributed by atoms with E-state index in [0.717, 1.165) is 5.56 Å². The molecular weight excluding hydrogens is 276 g/mol. The maximum Gasteiger partial charge on any atom is 0.255 e. The van der Waals surface area contributed by atoms with E-state index in [9.17, 15) is 9.90 Å². The van der Waals surface area contributed by atoms with Crippen molar-refractivity contribution in [2.24, 2.45) is 0 Å². The van der Waals surface area contributed by atoms with E-state index in [1.807, 2.05) is 16.8 Å². The van der Waals surface area contributed by atoms with Crippen molar-refractivity contribution in [3.63, 3.8) is 0 Å². The summed E-state index contributed by atoms with van der Waals surface area (Å²) >= 11 is 1.51. The number of aromatic nitrogens is 3. The number of hydrogen-bond acceptors (Lipinski definition) is 5. The second kappa shape index (κ2) is 5.40. The molecule has 0 bridgehead atoms. The van der Waals surface area contributed by atoms with Crippen LogP contribution in [0.3, 0.4) is 0 Å². The first-order chi connectivity index (χ1) is 9.75. The molecule has 1 unspecified atom stereocenters. The van der Waals surface area contributed by atoms with E-state index in [2.05, 4.69) is 15.4 Å². The Balaban J connectivity index is 1.70. The minimum absolute atomic E-state index is 0.160. The van der Waals surface area contributed by atoms with Crippen LogP contribution in [0.1, 0.15) is 22.0 Å². The van der Waals surface area contributed by atoms with Gasteiger partial charge in [0.1, 0.15) is 0 Å². The number of amides is 1. The molecule has 102 valence electrons. The Morgan fingerprint density at radius 2 is 2.40 bits per heavy atom. The molecule has 1 atom stereocenters. The number of carbonyl (C=O) groups is 1. The van der Waals surface area contributed by atoms with Crippen molar-refractivity contribution in [1.29, 1.82) is 0 Å². The summed E-state index contributed by atoms with van der Waals surface area (Å²) < 4.78 is 1.58. The Labute approximate surface area is 118 Å². The third kappa shape index (κ3) is 2.40. The first kappa shape index (κ1) is 12.8. The summed E-state index contributed by atoms with van der Waals surface area (Å²) in [5.41, 5.74) is 1.88. The molecule has 3 rings (SSSR count). The highest BCUT2D eigenvalue weighted by molar-refractivity contribution is 7.07. The maximum atomic E-state index is 12.1. The summed E-state index contributed by atoms with van der Waals surface area (Å²) in [6, 6.07) is 1.83. The highest BCUT2D eigenvalue weighted by Gasteiger charge is 2.14. The van der Waals surface area contributed by atoms with Gasteiger partial charge in [-0.3, -0.25) is 9.78 Å². The van der Waals surface area contributed by atoms with Crippen LogP contribution in [0.4, 0.5) is 0 Å². The second-order valence-corrected chi connectivity index (χ2v) is 5.03. The molecule has 0 aliphatic heterocycles. The van der Waals surface area contributed by atoms with Gasteiger partial charge in [-0.25, -0.2) is 4.52 Å². The van der Waals surface area contributed by atoms with Gasteiger partial charge in [0.2, 0.25) is 0 Å². The fraction of sp³-hybridized carbons (Fsp3) is 0.154. The van der Waals surface area contributed by atoms with Gasteiger partial charge in [0.05, 0.1) is 29.6 Å². The Morgan fingerprint density at radius 3 is 3.20 bits per heavy atom. The van der Waals surface area contributed by atoms with Gasteiger partial charge in [0.25, 0.3) is 5.91 Å². The van der Waals surface area contributed by atoms with Crippen molar-refractivity contribution in [1.82, 2.24) is 19.9 Å². The average Bonchev–Trinajstić information content (AvgIpc) is 3.13. The minimum Gasteiger partial charge on any atom is -0.387 e. The van der Waals surface area contributed by atoms with E-state index in [0.29, 0.717) is 11.1 Å². The Bertz CT molecular complexity index is 723. The zero-order valence-corrected chi connectivity index (χ0v) is 11.2. The smallest absolute Gasteiger partial charge is 0.255 e. The molecule has 0 saturated carbocycles. The van der Waals surface area contributed by atoms with Gasteiger partial charge < -0.3 is 10.4 Å². The highest BCUT2D eigenvalue weighted by atomic mass is 32.1. The Hall–Kier alpha value is -2.25. The van der Waals surface area contributed by atoms with Gasteiger partial charge in [-0.05, 0) is 22.4 Å². The van der Waals surface area contributed by atoms with Crippen molar-refractivity contribution in [3.8, 4) is 0 Å². The van der Waals surface area contributed by atoms with E-state index in [-0.39, 0.29) is 12.5 Å². The number of thiophene rings is 1. The molecule has 6 nitrogen and oxygen atoms in total. The molecule has 7 heteroatoms. The summed E-state index contributed by atoms with van der Waals surface area (Å²) in [6.45, 7) is 0.160. The number of rotatable bonds is 4. The molecule has 0 aliphatic rings. The number of carbonyl (C=O) groups excluding carboxylic acids is 1. The standard InChI is InChI=1S/C13H12N4O2S/c18-12(9-1-4-20-8-9)7-15-13(19)10-5-16-17-3-2-14-6-11(10)17/h1-6,8,12,18H,7H2,(H,15,19). The van der Waals surface area contributed by atoms with E-state index >= 15 is 0 Å². The lowest BCUT2D eigenvalue weighted by atomic mass is 10.2. The zero-order chi connectivity index (χ0) is 13.9. The SMILES string of the molecule is O=C(NCC(O)c1ccsc1)c1cnn2ccncc12. The predicted molar refractivity (Wildman–Crippen MR) is 74.6 cm³/mol. The number of aliphatic hydroxyl groups is 1. The van der Waals surface area contributed by atoms with Crippen LogP contribution in [0.5, 0.6) is 0 Å². The molecule has 0 saturated heterocycles. The number of aliphatic hydroxyl groups excluding tert-OH is 1. The van der Waals surface area contributed by atoms with Crippen LogP contribution < -0.4 is 5.32 Å². The number of fused-ring (bicyclic) bond motifs is 1. The summed E-state index contributed by atoms with van der Waals surface area (Å²) in [5, 5.41) is 20.4. The van der Waals surface area contributed by atoms with Crippen LogP contribution in [0.2, 0.25) is 0 Å². The average molecular weight is 288 g/mol. The van der Waals surface area contributed by atoms with Crippen LogP contribution in [0.15, 0.2) is 41.6 Å². The van der Waals surface area contributed by atoms with Crippen molar-refractivity contribution in [2.75, 3.05) is 6.54 Å². The molecule has 1 amide bonds. The maximum absolute atomic E-state index is 12.1. The zero-order valence-electron chi connectivity index (χ0n) is 10.4. The molecule has 0 aliphatic carbocycles. The van der Waals surface area contributed by atoms with E-state index in [1.54, 1.807) is 23.1 Å². The van der Waals surface area contributed by atoms with E-state index in [1.165, 1.54) is 17.5 Å². The Kier molecular flexibility index (Phi) is 3.44. The predicted octanol–water partition coefficient (Wildman–Crippen LogP) is 1.25. The lowest BCUT2D eigenvalue weighted by Gasteiger charge is -2.09. The molecule has 3 heterocycles. The molecule has 0 fully saturated rings. The molecular formula is C13H12N4O2S. The number of hydrogen-bond donors (Lipinski definition) is 2. The van der Waals surface area contributed by atoms with Gasteiger partial charge in [0.15, 0.2) is 0 Å². The van der Waals surface area contributed by atoms with Gasteiger partial charge in [-0.2, -0.15) is 16.4 Å². The summed E-state index contributed by atoms with van der Waals surface area (Å²) in [7, 11) is 0. The molecule has 0 spiro atoms. The molecule has 20 heavy (non-hydrogen) atoms. The van der Waals surface area contributed by atoms with Crippen molar-refractivity contribution in [3.05, 3.63) is 52.7 Å². The van der Waals surface area contributed by atoms with Crippen LogP contribution in [0.25, 0.3) is 5.52 Å². The van der Waals surface area contributed by atoms with Gasteiger partial charge >= 0.3 is 0 Å². The molecule has 2 N–H and O–H groups in total. The lowest BCUT2D eigenvalue weighted by molar-refractivity contribution is 0.0918. The third-order valence-corrected chi connectivity index (χ3v) is 3.65. The van der Waals surface area contributed by atoms with Crippen molar-refractivity contribution < 1.29 is 9.90 Å². The normalized spacial score (nSPS) is 12.4. The van der Waals surface area contributed by atoms with Gasteiger partial charge in [-0.15, -0.1) is 0 Å². The molecule has 0 radical (unpaired) electrons. The second-order valence-electron chi connectivity index (χ2n) is 4.25. The molecule has 0 aromatic carbocycles. The summed E-state index contributed by atoms with van der Waals surface area (Å²) in [5.74, 6) is -0.276. The number of nitrogens with one attached hydrogen (secondary N) is 1. The van der Waals surface area contributed by atoms with Crippen LogP contribution in [-0.2, 0) is 0 Å². The van der Waals surface area contributed by atoms with E-state index in [4.69, 9.17) is 0 Å². The fourth-order valence-corrected chi connectivity index (χ4v) is 2.58. The highest BCUT2D eigenvalue weighted by Crippen LogP contribution is 2.15. The Morgan fingerprint density at radius 1 is 1.50 bits per heavy atom. The largest absolute Gasteiger partial charge is 0.387 e. The minimum atomic E-state index is -0.704. The van der Waals surface area contributed by atoms with Crippen LogP contribution in [-0.4, -0.2) is 32.2 Å². The fourth-order valence-electron chi connectivity index (χ4n) is 1.88. The molecule has 3 aromatic heterocycles. The first-order valence-corrected chi connectivity index (χ1v) is 6.95. The topological polar surface area (TPSA) is 79.5 Å². The van der Waals surface area contributed by atoms with Gasteiger partial charge in [-0.1, -0.05) is 0 Å². The first-order valence-electron chi connectivity index (χ1n) is 6.01.